The van der Waals surface area contributed by atoms with Crippen LogP contribution in [-0.4, -0.2) is 27.7 Å². The minimum Gasteiger partial charge on any atom is -0.373 e. The fraction of sp³-hybridized carbons (Fsp3) is 0.438. The summed E-state index contributed by atoms with van der Waals surface area (Å²) in [4.78, 5) is 16.6. The number of aromatic nitrogens is 3. The number of hydrogen-bond acceptors (Lipinski definition) is 4. The van der Waals surface area contributed by atoms with Crippen LogP contribution in [0.2, 0.25) is 0 Å². The summed E-state index contributed by atoms with van der Waals surface area (Å²) >= 11 is 0. The van der Waals surface area contributed by atoms with Crippen molar-refractivity contribution in [2.75, 3.05) is 6.61 Å². The van der Waals surface area contributed by atoms with Crippen LogP contribution in [0.25, 0.3) is 0 Å². The highest BCUT2D eigenvalue weighted by atomic mass is 16.5. The number of nitrogens with one attached hydrogen (secondary N) is 2. The Labute approximate surface area is 129 Å². The van der Waals surface area contributed by atoms with E-state index in [1.165, 1.54) is 0 Å². The highest BCUT2D eigenvalue weighted by Gasteiger charge is 2.33. The lowest BCUT2D eigenvalue weighted by Gasteiger charge is -2.30. The molecule has 2 atom stereocenters. The summed E-state index contributed by atoms with van der Waals surface area (Å²) in [6.07, 6.45) is 8.59. The second kappa shape index (κ2) is 6.70. The van der Waals surface area contributed by atoms with Crippen LogP contribution >= 0.6 is 0 Å². The number of aryl methyl sites for hydroxylation is 1. The Morgan fingerprint density at radius 1 is 1.50 bits per heavy atom. The van der Waals surface area contributed by atoms with Crippen LogP contribution in [0.5, 0.6) is 0 Å². The fourth-order valence-corrected chi connectivity index (χ4v) is 2.81. The summed E-state index contributed by atoms with van der Waals surface area (Å²) in [5, 5.41) is 9.76. The van der Waals surface area contributed by atoms with Crippen molar-refractivity contribution in [2.24, 2.45) is 5.92 Å². The van der Waals surface area contributed by atoms with E-state index in [2.05, 4.69) is 20.5 Å². The van der Waals surface area contributed by atoms with Crippen molar-refractivity contribution in [2.45, 2.75) is 32.4 Å². The molecule has 6 heteroatoms. The molecule has 0 unspecified atom stereocenters. The summed E-state index contributed by atoms with van der Waals surface area (Å²) in [6.45, 7) is 3.19. The van der Waals surface area contributed by atoms with Gasteiger partial charge in [-0.25, -0.2) is 0 Å². The average molecular weight is 300 g/mol. The van der Waals surface area contributed by atoms with E-state index in [0.717, 1.165) is 29.5 Å². The number of ether oxygens (including phenoxy) is 1. The third kappa shape index (κ3) is 3.17. The molecule has 0 aliphatic carbocycles. The molecular weight excluding hydrogens is 280 g/mol. The second-order valence-electron chi connectivity index (χ2n) is 5.59. The van der Waals surface area contributed by atoms with Gasteiger partial charge in [0.15, 0.2) is 0 Å². The first-order valence-electron chi connectivity index (χ1n) is 7.53. The first kappa shape index (κ1) is 14.7. The maximum absolute atomic E-state index is 12.6. The molecule has 0 radical (unpaired) electrons. The topological polar surface area (TPSA) is 79.9 Å². The Morgan fingerprint density at radius 2 is 2.41 bits per heavy atom. The van der Waals surface area contributed by atoms with E-state index in [0.29, 0.717) is 13.2 Å². The molecule has 3 rings (SSSR count). The van der Waals surface area contributed by atoms with Crippen LogP contribution in [0.1, 0.15) is 35.6 Å². The van der Waals surface area contributed by atoms with Gasteiger partial charge < -0.3 is 10.1 Å². The van der Waals surface area contributed by atoms with Crippen molar-refractivity contribution in [3.05, 3.63) is 47.5 Å². The van der Waals surface area contributed by atoms with Crippen molar-refractivity contribution < 1.29 is 9.53 Å². The van der Waals surface area contributed by atoms with Crippen LogP contribution in [0.3, 0.4) is 0 Å². The summed E-state index contributed by atoms with van der Waals surface area (Å²) in [5.74, 6) is -0.143. The maximum atomic E-state index is 12.6. The van der Waals surface area contributed by atoms with E-state index in [1.807, 2.05) is 13.0 Å². The van der Waals surface area contributed by atoms with Crippen molar-refractivity contribution in [1.29, 1.82) is 0 Å². The average Bonchev–Trinajstić information content (AvgIpc) is 3.08. The van der Waals surface area contributed by atoms with Gasteiger partial charge in [-0.15, -0.1) is 0 Å². The lowest BCUT2D eigenvalue weighted by molar-refractivity contribution is -0.134. The Bertz CT molecular complexity index is 627. The minimum absolute atomic E-state index is 0.0297. The standard InChI is InChI=1S/C16H20N4O2/c1-11-7-17-5-4-12(11)8-18-16(21)14-3-2-6-22-15(14)13-9-19-20-10-13/h4-5,7,9-10,14-15H,2-3,6,8H2,1H3,(H,18,21)(H,19,20)/t14-,15+/m1/s1. The molecule has 0 bridgehead atoms. The fourth-order valence-electron chi connectivity index (χ4n) is 2.81. The van der Waals surface area contributed by atoms with Gasteiger partial charge in [-0.2, -0.15) is 5.10 Å². The Kier molecular flexibility index (Phi) is 4.48. The molecular formula is C16H20N4O2. The molecule has 1 amide bonds. The van der Waals surface area contributed by atoms with Gasteiger partial charge >= 0.3 is 0 Å². The number of rotatable bonds is 4. The normalized spacial score (nSPS) is 21.5. The van der Waals surface area contributed by atoms with Crippen LogP contribution < -0.4 is 5.32 Å². The van der Waals surface area contributed by atoms with Crippen molar-refractivity contribution in [3.8, 4) is 0 Å². The van der Waals surface area contributed by atoms with Crippen molar-refractivity contribution >= 4 is 5.91 Å². The number of pyridine rings is 1. The zero-order chi connectivity index (χ0) is 15.4. The SMILES string of the molecule is Cc1cnccc1CNC(=O)[C@@H]1CCCO[C@H]1c1cn[nH]c1. The van der Waals surface area contributed by atoms with E-state index in [1.54, 1.807) is 24.8 Å². The van der Waals surface area contributed by atoms with Crippen LogP contribution in [0.4, 0.5) is 0 Å². The van der Waals surface area contributed by atoms with Gasteiger partial charge in [-0.05, 0) is 37.0 Å². The molecule has 2 aromatic heterocycles. The van der Waals surface area contributed by atoms with Gasteiger partial charge in [0.1, 0.15) is 0 Å². The molecule has 0 aromatic carbocycles. The van der Waals surface area contributed by atoms with E-state index >= 15 is 0 Å². The van der Waals surface area contributed by atoms with E-state index in [4.69, 9.17) is 4.74 Å². The number of H-pyrrole nitrogens is 1. The molecule has 3 heterocycles. The molecule has 1 aliphatic heterocycles. The van der Waals surface area contributed by atoms with Gasteiger partial charge in [-0.3, -0.25) is 14.9 Å². The first-order chi connectivity index (χ1) is 10.8. The Morgan fingerprint density at radius 3 is 3.18 bits per heavy atom. The van der Waals surface area contributed by atoms with Gasteiger partial charge in [0, 0.05) is 37.3 Å². The minimum atomic E-state index is -0.217. The second-order valence-corrected chi connectivity index (χ2v) is 5.59. The molecule has 1 fully saturated rings. The van der Waals surface area contributed by atoms with Crippen molar-refractivity contribution in [1.82, 2.24) is 20.5 Å². The van der Waals surface area contributed by atoms with Gasteiger partial charge in [0.2, 0.25) is 5.91 Å². The predicted octanol–water partition coefficient (Wildman–Crippen LogP) is 1.90. The largest absolute Gasteiger partial charge is 0.373 e. The molecule has 22 heavy (non-hydrogen) atoms. The molecule has 0 spiro atoms. The first-order valence-corrected chi connectivity index (χ1v) is 7.53. The molecule has 1 saturated heterocycles. The lowest BCUT2D eigenvalue weighted by Crippen LogP contribution is -2.37. The van der Waals surface area contributed by atoms with Gasteiger partial charge in [-0.1, -0.05) is 0 Å². The van der Waals surface area contributed by atoms with Gasteiger partial charge in [0.25, 0.3) is 0 Å². The summed E-state index contributed by atoms with van der Waals surface area (Å²) in [6, 6.07) is 1.93. The van der Waals surface area contributed by atoms with E-state index in [-0.39, 0.29) is 17.9 Å². The maximum Gasteiger partial charge on any atom is 0.226 e. The highest BCUT2D eigenvalue weighted by molar-refractivity contribution is 5.79. The van der Waals surface area contributed by atoms with Crippen LogP contribution in [0.15, 0.2) is 30.9 Å². The number of carbonyl (C=O) groups is 1. The number of amides is 1. The number of hydrogen-bond donors (Lipinski definition) is 2. The number of carbonyl (C=O) groups excluding carboxylic acids is 1. The summed E-state index contributed by atoms with van der Waals surface area (Å²) in [7, 11) is 0. The monoisotopic (exact) mass is 300 g/mol. The zero-order valence-electron chi connectivity index (χ0n) is 12.6. The summed E-state index contributed by atoms with van der Waals surface area (Å²) < 4.78 is 5.80. The van der Waals surface area contributed by atoms with Crippen molar-refractivity contribution in [3.63, 3.8) is 0 Å². The lowest BCUT2D eigenvalue weighted by atomic mass is 9.90. The third-order valence-corrected chi connectivity index (χ3v) is 4.10. The molecule has 2 aromatic rings. The predicted molar refractivity (Wildman–Crippen MR) is 80.8 cm³/mol. The summed E-state index contributed by atoms with van der Waals surface area (Å²) in [5.41, 5.74) is 3.09. The smallest absolute Gasteiger partial charge is 0.226 e. The molecule has 6 nitrogen and oxygen atoms in total. The molecule has 116 valence electrons. The van der Waals surface area contributed by atoms with Crippen LogP contribution in [-0.2, 0) is 16.1 Å². The Balaban J connectivity index is 1.66. The number of aromatic amines is 1. The van der Waals surface area contributed by atoms with E-state index < -0.39 is 0 Å². The molecule has 0 saturated carbocycles. The van der Waals surface area contributed by atoms with Crippen LogP contribution in [0, 0.1) is 12.8 Å². The van der Waals surface area contributed by atoms with E-state index in [9.17, 15) is 4.79 Å². The molecule has 1 aliphatic rings. The number of nitrogens with zero attached hydrogens (tertiary/aromatic N) is 2. The van der Waals surface area contributed by atoms with Gasteiger partial charge in [0.05, 0.1) is 18.2 Å². The zero-order valence-corrected chi connectivity index (χ0v) is 12.6. The highest BCUT2D eigenvalue weighted by Crippen LogP contribution is 2.33. The molecule has 2 N–H and O–H groups in total. The Hall–Kier alpha value is -2.21. The third-order valence-electron chi connectivity index (χ3n) is 4.10. The quantitative estimate of drug-likeness (QED) is 0.903.